The van der Waals surface area contributed by atoms with Crippen molar-refractivity contribution in [2.45, 2.75) is 0 Å². The summed E-state index contributed by atoms with van der Waals surface area (Å²) in [7, 11) is 3.24. The first-order chi connectivity index (χ1) is 9.06. The molecule has 8 heteroatoms. The van der Waals surface area contributed by atoms with Crippen molar-refractivity contribution in [3.8, 4) is 5.82 Å². The summed E-state index contributed by atoms with van der Waals surface area (Å²) in [6.45, 7) is 0. The molecule has 100 valence electrons. The van der Waals surface area contributed by atoms with Gasteiger partial charge in [0, 0.05) is 20.3 Å². The summed E-state index contributed by atoms with van der Waals surface area (Å²) in [6.07, 6.45) is 1.60. The number of hydrogen-bond donors (Lipinski definition) is 2. The fourth-order valence-electron chi connectivity index (χ4n) is 1.48. The molecule has 0 saturated heterocycles. The third kappa shape index (κ3) is 2.64. The molecule has 0 radical (unpaired) electrons. The van der Waals surface area contributed by atoms with E-state index in [1.165, 1.54) is 11.7 Å². The first-order valence-electron chi connectivity index (χ1n) is 5.38. The predicted molar refractivity (Wildman–Crippen MR) is 74.3 cm³/mol. The summed E-state index contributed by atoms with van der Waals surface area (Å²) in [6, 6.07) is 3.14. The molecular formula is C11H11Cl2N5O. The van der Waals surface area contributed by atoms with Crippen molar-refractivity contribution in [3.63, 3.8) is 0 Å². The lowest BCUT2D eigenvalue weighted by Gasteiger charge is -2.08. The van der Waals surface area contributed by atoms with Crippen LogP contribution in [-0.2, 0) is 0 Å². The number of aromatic nitrogens is 3. The smallest absolute Gasteiger partial charge is 0.271 e. The van der Waals surface area contributed by atoms with Crippen LogP contribution in [0.2, 0.25) is 10.0 Å². The van der Waals surface area contributed by atoms with Crippen molar-refractivity contribution < 1.29 is 4.79 Å². The van der Waals surface area contributed by atoms with E-state index in [1.54, 1.807) is 25.4 Å². The highest BCUT2D eigenvalue weighted by atomic mass is 35.5. The molecule has 0 atom stereocenters. The molecule has 2 rings (SSSR count). The summed E-state index contributed by atoms with van der Waals surface area (Å²) in [5.74, 6) is 0.598. The summed E-state index contributed by atoms with van der Waals surface area (Å²) in [5.41, 5.74) is 0.279. The number of carbonyl (C=O) groups excluding carboxylic acids is 1. The van der Waals surface area contributed by atoms with Gasteiger partial charge in [-0.05, 0) is 12.1 Å². The van der Waals surface area contributed by atoms with Crippen LogP contribution >= 0.6 is 23.2 Å². The largest absolute Gasteiger partial charge is 0.372 e. The third-order valence-electron chi connectivity index (χ3n) is 2.41. The van der Waals surface area contributed by atoms with E-state index in [9.17, 15) is 4.79 Å². The Morgan fingerprint density at radius 2 is 2.05 bits per heavy atom. The topological polar surface area (TPSA) is 71.8 Å². The quantitative estimate of drug-likeness (QED) is 0.909. The number of anilines is 1. The maximum absolute atomic E-state index is 11.4. The fourth-order valence-corrected chi connectivity index (χ4v) is 2.02. The Hall–Kier alpha value is -1.79. The van der Waals surface area contributed by atoms with Gasteiger partial charge in [-0.15, -0.1) is 0 Å². The van der Waals surface area contributed by atoms with E-state index in [1.807, 2.05) is 0 Å². The first kappa shape index (κ1) is 13.6. The van der Waals surface area contributed by atoms with E-state index in [4.69, 9.17) is 23.2 Å². The molecule has 2 aromatic rings. The van der Waals surface area contributed by atoms with E-state index in [2.05, 4.69) is 20.7 Å². The van der Waals surface area contributed by atoms with Gasteiger partial charge in [0.05, 0.1) is 10.0 Å². The minimum Gasteiger partial charge on any atom is -0.372 e. The molecule has 0 aliphatic rings. The minimum atomic E-state index is -0.280. The molecule has 2 heterocycles. The highest BCUT2D eigenvalue weighted by Gasteiger charge is 2.13. The van der Waals surface area contributed by atoms with Gasteiger partial charge in [0.2, 0.25) is 0 Å². The van der Waals surface area contributed by atoms with Gasteiger partial charge in [0.15, 0.2) is 11.5 Å². The van der Waals surface area contributed by atoms with Crippen molar-refractivity contribution in [2.75, 3.05) is 19.4 Å². The number of amides is 1. The van der Waals surface area contributed by atoms with Gasteiger partial charge < -0.3 is 10.6 Å². The third-order valence-corrected chi connectivity index (χ3v) is 2.98. The van der Waals surface area contributed by atoms with Crippen LogP contribution in [0.25, 0.3) is 5.82 Å². The van der Waals surface area contributed by atoms with Crippen LogP contribution in [0.3, 0.4) is 0 Å². The monoisotopic (exact) mass is 299 g/mol. The van der Waals surface area contributed by atoms with Crippen molar-refractivity contribution in [3.05, 3.63) is 34.1 Å². The molecule has 0 aliphatic carbocycles. The lowest BCUT2D eigenvalue weighted by atomic mass is 10.4. The summed E-state index contributed by atoms with van der Waals surface area (Å²) in [5, 5.41) is 10.2. The van der Waals surface area contributed by atoms with Crippen LogP contribution in [-0.4, -0.2) is 34.8 Å². The van der Waals surface area contributed by atoms with Crippen LogP contribution < -0.4 is 10.6 Å². The lowest BCUT2D eigenvalue weighted by Crippen LogP contribution is -2.18. The average Bonchev–Trinajstić information content (AvgIpc) is 2.87. The van der Waals surface area contributed by atoms with Crippen molar-refractivity contribution >= 4 is 34.9 Å². The molecule has 0 saturated carbocycles. The number of nitrogens with one attached hydrogen (secondary N) is 2. The van der Waals surface area contributed by atoms with Gasteiger partial charge in [-0.2, -0.15) is 5.10 Å². The van der Waals surface area contributed by atoms with E-state index in [0.29, 0.717) is 21.7 Å². The van der Waals surface area contributed by atoms with Crippen molar-refractivity contribution in [1.29, 1.82) is 0 Å². The average molecular weight is 300 g/mol. The number of carbonyl (C=O) groups is 1. The Morgan fingerprint density at radius 1 is 1.32 bits per heavy atom. The molecule has 0 aliphatic heterocycles. The minimum absolute atomic E-state index is 0.279. The molecule has 2 aromatic heterocycles. The van der Waals surface area contributed by atoms with Gasteiger partial charge in [0.25, 0.3) is 5.91 Å². The van der Waals surface area contributed by atoms with Crippen LogP contribution in [0.4, 0.5) is 5.82 Å². The zero-order valence-electron chi connectivity index (χ0n) is 10.2. The molecule has 0 bridgehead atoms. The van der Waals surface area contributed by atoms with E-state index < -0.39 is 0 Å². The highest BCUT2D eigenvalue weighted by Crippen LogP contribution is 2.27. The zero-order valence-corrected chi connectivity index (χ0v) is 11.7. The van der Waals surface area contributed by atoms with Crippen LogP contribution in [0.1, 0.15) is 10.5 Å². The zero-order chi connectivity index (χ0) is 14.0. The van der Waals surface area contributed by atoms with Gasteiger partial charge in [0.1, 0.15) is 5.82 Å². The Balaban J connectivity index is 2.47. The van der Waals surface area contributed by atoms with Crippen LogP contribution in [0.15, 0.2) is 18.3 Å². The van der Waals surface area contributed by atoms with E-state index in [0.717, 1.165) is 0 Å². The Kier molecular flexibility index (Phi) is 3.92. The number of hydrogen-bond acceptors (Lipinski definition) is 4. The molecule has 0 fully saturated rings. The van der Waals surface area contributed by atoms with Crippen LogP contribution in [0, 0.1) is 0 Å². The molecular weight excluding hydrogens is 289 g/mol. The highest BCUT2D eigenvalue weighted by molar-refractivity contribution is 6.36. The Labute approximate surface area is 119 Å². The normalized spacial score (nSPS) is 10.3. The molecule has 0 aromatic carbocycles. The Morgan fingerprint density at radius 3 is 2.68 bits per heavy atom. The molecule has 1 amide bonds. The second kappa shape index (κ2) is 5.46. The predicted octanol–water partition coefficient (Wildman–Crippen LogP) is 1.98. The molecule has 19 heavy (non-hydrogen) atoms. The van der Waals surface area contributed by atoms with Crippen LogP contribution in [0.5, 0.6) is 0 Å². The molecule has 6 nitrogen and oxygen atoms in total. The molecule has 2 N–H and O–H groups in total. The number of nitrogens with zero attached hydrogens (tertiary/aromatic N) is 3. The fraction of sp³-hybridized carbons (Fsp3) is 0.182. The van der Waals surface area contributed by atoms with Gasteiger partial charge in [-0.3, -0.25) is 4.79 Å². The SMILES string of the molecule is CNC(=O)c1ccn(-c2nc(NC)c(Cl)cc2Cl)n1. The standard InChI is InChI=1S/C11H11Cl2N5O/c1-14-9-6(12)5-7(13)10(16-9)18-4-3-8(17-18)11(19)15-2/h3-5H,1-2H3,(H,14,16)(H,15,19). The van der Waals surface area contributed by atoms with E-state index >= 15 is 0 Å². The van der Waals surface area contributed by atoms with Gasteiger partial charge in [-0.1, -0.05) is 23.2 Å². The maximum Gasteiger partial charge on any atom is 0.271 e. The van der Waals surface area contributed by atoms with Crippen molar-refractivity contribution in [1.82, 2.24) is 20.1 Å². The second-order valence-corrected chi connectivity index (χ2v) is 4.41. The molecule has 0 unspecified atom stereocenters. The number of halogens is 2. The number of rotatable bonds is 3. The van der Waals surface area contributed by atoms with Crippen molar-refractivity contribution in [2.24, 2.45) is 0 Å². The van der Waals surface area contributed by atoms with Gasteiger partial charge >= 0.3 is 0 Å². The number of pyridine rings is 1. The van der Waals surface area contributed by atoms with Gasteiger partial charge in [-0.25, -0.2) is 9.67 Å². The summed E-state index contributed by atoms with van der Waals surface area (Å²) in [4.78, 5) is 15.7. The molecule has 0 spiro atoms. The lowest BCUT2D eigenvalue weighted by molar-refractivity contribution is 0.0957. The maximum atomic E-state index is 11.4. The summed E-state index contributed by atoms with van der Waals surface area (Å²) < 4.78 is 1.42. The second-order valence-electron chi connectivity index (χ2n) is 3.60. The van der Waals surface area contributed by atoms with E-state index in [-0.39, 0.29) is 11.6 Å². The Bertz CT molecular complexity index is 626. The first-order valence-corrected chi connectivity index (χ1v) is 6.14. The summed E-state index contributed by atoms with van der Waals surface area (Å²) >= 11 is 12.0.